The van der Waals surface area contributed by atoms with Crippen molar-refractivity contribution < 1.29 is 4.79 Å². The van der Waals surface area contributed by atoms with E-state index in [1.165, 1.54) is 0 Å². The summed E-state index contributed by atoms with van der Waals surface area (Å²) in [4.78, 5) is 16.7. The van der Waals surface area contributed by atoms with Crippen molar-refractivity contribution in [1.82, 2.24) is 15.6 Å². The SMILES string of the molecule is O=C(Cc1ccccc1)NC(NC(=S)Nc1cccc2cccnc12)C(Cl)(Cl)Cl. The number of fused-ring (bicyclic) bond motifs is 1. The summed E-state index contributed by atoms with van der Waals surface area (Å²) in [5, 5.41) is 9.70. The second kappa shape index (κ2) is 9.59. The number of benzene rings is 2. The van der Waals surface area contributed by atoms with Crippen molar-refractivity contribution in [3.63, 3.8) is 0 Å². The summed E-state index contributed by atoms with van der Waals surface area (Å²) in [6, 6.07) is 18.7. The molecule has 3 N–H and O–H groups in total. The number of nitrogens with zero attached hydrogens (tertiary/aromatic N) is 1. The molecule has 0 saturated heterocycles. The Morgan fingerprint density at radius 3 is 2.45 bits per heavy atom. The van der Waals surface area contributed by atoms with Crippen molar-refractivity contribution in [3.8, 4) is 0 Å². The molecular formula is C20H17Cl3N4OS. The van der Waals surface area contributed by atoms with E-state index in [0.717, 1.165) is 16.5 Å². The molecule has 0 fully saturated rings. The van der Waals surface area contributed by atoms with Gasteiger partial charge in [-0.15, -0.1) is 0 Å². The summed E-state index contributed by atoms with van der Waals surface area (Å²) < 4.78 is -1.82. The predicted octanol–water partition coefficient (Wildman–Crippen LogP) is 4.58. The molecule has 9 heteroatoms. The minimum Gasteiger partial charge on any atom is -0.339 e. The number of halogens is 3. The number of anilines is 1. The van der Waals surface area contributed by atoms with Gasteiger partial charge in [0.05, 0.1) is 17.6 Å². The first-order valence-corrected chi connectivity index (χ1v) is 10.2. The van der Waals surface area contributed by atoms with Gasteiger partial charge in [0.15, 0.2) is 5.11 Å². The van der Waals surface area contributed by atoms with E-state index in [0.29, 0.717) is 5.69 Å². The zero-order valence-corrected chi connectivity index (χ0v) is 18.1. The normalized spacial score (nSPS) is 12.2. The van der Waals surface area contributed by atoms with Gasteiger partial charge in [0.25, 0.3) is 0 Å². The fourth-order valence-electron chi connectivity index (χ4n) is 2.69. The second-order valence-electron chi connectivity index (χ2n) is 6.18. The van der Waals surface area contributed by atoms with E-state index < -0.39 is 9.96 Å². The Hall–Kier alpha value is -2.12. The van der Waals surface area contributed by atoms with Gasteiger partial charge in [0, 0.05) is 11.6 Å². The molecule has 150 valence electrons. The summed E-state index contributed by atoms with van der Waals surface area (Å²) in [6.07, 6.45) is 0.803. The molecule has 1 atom stereocenters. The van der Waals surface area contributed by atoms with Gasteiger partial charge in [-0.3, -0.25) is 9.78 Å². The smallest absolute Gasteiger partial charge is 0.228 e. The van der Waals surface area contributed by atoms with E-state index in [1.54, 1.807) is 6.20 Å². The third-order valence-electron chi connectivity index (χ3n) is 4.00. The molecule has 29 heavy (non-hydrogen) atoms. The molecule has 0 aliphatic rings. The number of rotatable bonds is 5. The Kier molecular flexibility index (Phi) is 7.14. The highest BCUT2D eigenvalue weighted by atomic mass is 35.6. The van der Waals surface area contributed by atoms with Crippen molar-refractivity contribution in [2.45, 2.75) is 16.4 Å². The van der Waals surface area contributed by atoms with Crippen LogP contribution in [-0.2, 0) is 11.2 Å². The lowest BCUT2D eigenvalue weighted by Crippen LogP contribution is -2.56. The molecule has 0 radical (unpaired) electrons. The number of carbonyl (C=O) groups is 1. The van der Waals surface area contributed by atoms with Crippen molar-refractivity contribution >= 4 is 74.6 Å². The summed E-state index contributed by atoms with van der Waals surface area (Å²) in [7, 11) is 0. The summed E-state index contributed by atoms with van der Waals surface area (Å²) >= 11 is 23.5. The first kappa shape index (κ1) is 21.6. The van der Waals surface area contributed by atoms with Gasteiger partial charge < -0.3 is 16.0 Å². The van der Waals surface area contributed by atoms with E-state index in [-0.39, 0.29) is 17.4 Å². The monoisotopic (exact) mass is 466 g/mol. The van der Waals surface area contributed by atoms with Crippen LogP contribution in [0.4, 0.5) is 5.69 Å². The molecule has 3 aromatic rings. The van der Waals surface area contributed by atoms with Crippen LogP contribution in [0.15, 0.2) is 66.9 Å². The zero-order valence-electron chi connectivity index (χ0n) is 15.0. The third kappa shape index (κ3) is 6.18. The van der Waals surface area contributed by atoms with E-state index in [4.69, 9.17) is 47.0 Å². The Morgan fingerprint density at radius 2 is 1.72 bits per heavy atom. The quantitative estimate of drug-likeness (QED) is 0.291. The van der Waals surface area contributed by atoms with Crippen LogP contribution >= 0.6 is 47.0 Å². The molecule has 1 heterocycles. The second-order valence-corrected chi connectivity index (χ2v) is 8.96. The highest BCUT2D eigenvalue weighted by molar-refractivity contribution is 7.80. The number of nitrogens with one attached hydrogen (secondary N) is 3. The number of carbonyl (C=O) groups excluding carboxylic acids is 1. The van der Waals surface area contributed by atoms with Crippen LogP contribution in [0.25, 0.3) is 10.9 Å². The number of amides is 1. The number of hydrogen-bond acceptors (Lipinski definition) is 3. The molecule has 1 amide bonds. The lowest BCUT2D eigenvalue weighted by molar-refractivity contribution is -0.121. The summed E-state index contributed by atoms with van der Waals surface area (Å²) in [5.74, 6) is -0.311. The first-order valence-electron chi connectivity index (χ1n) is 8.64. The molecule has 1 aromatic heterocycles. The van der Waals surface area contributed by atoms with Crippen molar-refractivity contribution in [2.75, 3.05) is 5.32 Å². The van der Waals surface area contributed by atoms with E-state index >= 15 is 0 Å². The highest BCUT2D eigenvalue weighted by Gasteiger charge is 2.34. The van der Waals surface area contributed by atoms with E-state index in [2.05, 4.69) is 20.9 Å². The van der Waals surface area contributed by atoms with Crippen LogP contribution < -0.4 is 16.0 Å². The number of para-hydroxylation sites is 1. The Morgan fingerprint density at radius 1 is 1.00 bits per heavy atom. The standard InChI is InChI=1S/C20H17Cl3N4OS/c21-20(22,23)18(26-16(28)12-13-6-2-1-3-7-13)27-19(29)25-15-10-4-8-14-9-5-11-24-17(14)15/h1-11,18H,12H2,(H,26,28)(H2,25,27,29). The van der Waals surface area contributed by atoms with E-state index in [9.17, 15) is 4.79 Å². The largest absolute Gasteiger partial charge is 0.339 e. The van der Waals surface area contributed by atoms with Crippen molar-refractivity contribution in [2.24, 2.45) is 0 Å². The molecule has 0 spiro atoms. The van der Waals surface area contributed by atoms with Crippen LogP contribution in [0.2, 0.25) is 0 Å². The molecule has 0 bridgehead atoms. The molecule has 0 saturated carbocycles. The third-order valence-corrected chi connectivity index (χ3v) is 4.87. The molecule has 3 rings (SSSR count). The number of pyridine rings is 1. The fourth-order valence-corrected chi connectivity index (χ4v) is 3.24. The van der Waals surface area contributed by atoms with Crippen molar-refractivity contribution in [3.05, 3.63) is 72.4 Å². The minimum absolute atomic E-state index is 0.146. The first-order chi connectivity index (χ1) is 13.8. The Bertz CT molecular complexity index is 1010. The number of alkyl halides is 3. The zero-order chi connectivity index (χ0) is 20.9. The lowest BCUT2D eigenvalue weighted by atomic mass is 10.1. The maximum absolute atomic E-state index is 12.4. The van der Waals surface area contributed by atoms with Gasteiger partial charge in [-0.05, 0) is 29.9 Å². The molecule has 0 aliphatic heterocycles. The number of aromatic nitrogens is 1. The Labute approximate surface area is 188 Å². The summed E-state index contributed by atoms with van der Waals surface area (Å²) in [5.41, 5.74) is 2.28. The van der Waals surface area contributed by atoms with Crippen LogP contribution in [0, 0.1) is 0 Å². The Balaban J connectivity index is 1.68. The molecule has 0 aliphatic carbocycles. The van der Waals surface area contributed by atoms with Gasteiger partial charge in [-0.1, -0.05) is 83.3 Å². The van der Waals surface area contributed by atoms with Gasteiger partial charge in [-0.25, -0.2) is 0 Å². The van der Waals surface area contributed by atoms with E-state index in [1.807, 2.05) is 60.7 Å². The fraction of sp³-hybridized carbons (Fsp3) is 0.150. The maximum atomic E-state index is 12.4. The molecule has 5 nitrogen and oxygen atoms in total. The average molecular weight is 468 g/mol. The van der Waals surface area contributed by atoms with Crippen LogP contribution in [-0.4, -0.2) is 26.0 Å². The average Bonchev–Trinajstić information content (AvgIpc) is 2.68. The van der Waals surface area contributed by atoms with Crippen LogP contribution in [0.1, 0.15) is 5.56 Å². The predicted molar refractivity (Wildman–Crippen MR) is 123 cm³/mol. The number of thiocarbonyl (C=S) groups is 1. The topological polar surface area (TPSA) is 66.1 Å². The number of hydrogen-bond donors (Lipinski definition) is 3. The maximum Gasteiger partial charge on any atom is 0.228 e. The van der Waals surface area contributed by atoms with Gasteiger partial charge in [0.1, 0.15) is 6.17 Å². The van der Waals surface area contributed by atoms with Crippen molar-refractivity contribution in [1.29, 1.82) is 0 Å². The molecule has 1 unspecified atom stereocenters. The van der Waals surface area contributed by atoms with Gasteiger partial charge in [-0.2, -0.15) is 0 Å². The summed E-state index contributed by atoms with van der Waals surface area (Å²) in [6.45, 7) is 0. The van der Waals surface area contributed by atoms with Gasteiger partial charge >= 0.3 is 0 Å². The van der Waals surface area contributed by atoms with Crippen LogP contribution in [0.3, 0.4) is 0 Å². The van der Waals surface area contributed by atoms with Crippen LogP contribution in [0.5, 0.6) is 0 Å². The lowest BCUT2D eigenvalue weighted by Gasteiger charge is -2.28. The highest BCUT2D eigenvalue weighted by Crippen LogP contribution is 2.29. The van der Waals surface area contributed by atoms with Gasteiger partial charge in [0.2, 0.25) is 9.70 Å². The molecule has 2 aromatic carbocycles. The minimum atomic E-state index is -1.82. The molecular weight excluding hydrogens is 451 g/mol.